The minimum absolute atomic E-state index is 0.539. The molecule has 1 aromatic heterocycles. The van der Waals surface area contributed by atoms with Crippen molar-refractivity contribution in [2.45, 2.75) is 44.7 Å². The molecule has 1 atom stereocenters. The van der Waals surface area contributed by atoms with Crippen LogP contribution < -0.4 is 0 Å². The van der Waals surface area contributed by atoms with E-state index in [0.29, 0.717) is 11.5 Å². The van der Waals surface area contributed by atoms with Crippen molar-refractivity contribution >= 4 is 0 Å². The van der Waals surface area contributed by atoms with Crippen molar-refractivity contribution in [2.75, 3.05) is 39.9 Å². The summed E-state index contributed by atoms with van der Waals surface area (Å²) in [6.07, 6.45) is 10.6. The van der Waals surface area contributed by atoms with Crippen molar-refractivity contribution in [3.05, 3.63) is 30.1 Å². The van der Waals surface area contributed by atoms with Crippen LogP contribution in [-0.4, -0.2) is 60.7 Å². The molecular formula is C20H31N3O. The summed E-state index contributed by atoms with van der Waals surface area (Å²) in [5, 5.41) is 0. The van der Waals surface area contributed by atoms with E-state index < -0.39 is 0 Å². The van der Waals surface area contributed by atoms with Crippen LogP contribution in [0.2, 0.25) is 0 Å². The van der Waals surface area contributed by atoms with Gasteiger partial charge in [-0.25, -0.2) is 0 Å². The van der Waals surface area contributed by atoms with E-state index >= 15 is 0 Å². The minimum atomic E-state index is 0.539. The zero-order valence-corrected chi connectivity index (χ0v) is 15.0. The molecule has 0 amide bonds. The van der Waals surface area contributed by atoms with Crippen molar-refractivity contribution in [3.8, 4) is 0 Å². The summed E-state index contributed by atoms with van der Waals surface area (Å²) in [5.41, 5.74) is 1.92. The van der Waals surface area contributed by atoms with Crippen molar-refractivity contribution in [1.82, 2.24) is 14.8 Å². The fourth-order valence-electron chi connectivity index (χ4n) is 4.51. The topological polar surface area (TPSA) is 28.6 Å². The largest absolute Gasteiger partial charge is 0.380 e. The number of likely N-dealkylation sites (tertiary alicyclic amines) is 2. The van der Waals surface area contributed by atoms with Crippen LogP contribution in [0.3, 0.4) is 0 Å². The normalized spacial score (nSPS) is 27.8. The van der Waals surface area contributed by atoms with E-state index in [9.17, 15) is 0 Å². The zero-order chi connectivity index (χ0) is 16.4. The molecule has 0 bridgehead atoms. The minimum Gasteiger partial charge on any atom is -0.380 e. The average Bonchev–Trinajstić information content (AvgIpc) is 3.36. The van der Waals surface area contributed by atoms with Gasteiger partial charge in [0.15, 0.2) is 0 Å². The Morgan fingerprint density at radius 1 is 1.17 bits per heavy atom. The Bertz CT molecular complexity index is 523. The number of piperidine rings is 1. The van der Waals surface area contributed by atoms with Crippen molar-refractivity contribution in [1.29, 1.82) is 0 Å². The van der Waals surface area contributed by atoms with Gasteiger partial charge >= 0.3 is 0 Å². The monoisotopic (exact) mass is 329 g/mol. The van der Waals surface area contributed by atoms with Crippen LogP contribution in [0.5, 0.6) is 0 Å². The van der Waals surface area contributed by atoms with Crippen LogP contribution >= 0.6 is 0 Å². The van der Waals surface area contributed by atoms with Gasteiger partial charge < -0.3 is 9.64 Å². The highest BCUT2D eigenvalue weighted by Crippen LogP contribution is 2.43. The van der Waals surface area contributed by atoms with Crippen molar-refractivity contribution < 1.29 is 4.74 Å². The molecule has 1 spiro atoms. The highest BCUT2D eigenvalue weighted by molar-refractivity contribution is 5.10. The third-order valence-corrected chi connectivity index (χ3v) is 6.31. The van der Waals surface area contributed by atoms with E-state index in [4.69, 9.17) is 4.74 Å². The van der Waals surface area contributed by atoms with Gasteiger partial charge in [0.05, 0.1) is 6.61 Å². The van der Waals surface area contributed by atoms with E-state index in [0.717, 1.165) is 25.7 Å². The molecular weight excluding hydrogens is 298 g/mol. The Morgan fingerprint density at radius 3 is 2.62 bits per heavy atom. The Balaban J connectivity index is 1.25. The molecule has 0 radical (unpaired) electrons. The zero-order valence-electron chi connectivity index (χ0n) is 15.0. The van der Waals surface area contributed by atoms with E-state index in [1.807, 2.05) is 12.4 Å². The Kier molecular flexibility index (Phi) is 4.88. The number of pyridine rings is 1. The molecule has 1 saturated carbocycles. The lowest BCUT2D eigenvalue weighted by atomic mass is 9.76. The van der Waals surface area contributed by atoms with Gasteiger partial charge in [-0.3, -0.25) is 9.88 Å². The molecule has 4 rings (SSSR count). The third kappa shape index (κ3) is 3.98. The first-order valence-corrected chi connectivity index (χ1v) is 9.62. The van der Waals surface area contributed by atoms with E-state index in [2.05, 4.69) is 34.0 Å². The van der Waals surface area contributed by atoms with Crippen LogP contribution in [-0.2, 0) is 11.3 Å². The fourth-order valence-corrected chi connectivity index (χ4v) is 4.51. The molecule has 0 aromatic carbocycles. The molecule has 24 heavy (non-hydrogen) atoms. The first-order chi connectivity index (χ1) is 11.7. The summed E-state index contributed by atoms with van der Waals surface area (Å²) in [6, 6.07) is 4.91. The maximum Gasteiger partial charge on any atom is 0.0622 e. The number of hydrogen-bond acceptors (Lipinski definition) is 4. The van der Waals surface area contributed by atoms with Gasteiger partial charge in [-0.05, 0) is 81.3 Å². The van der Waals surface area contributed by atoms with Crippen LogP contribution in [0.4, 0.5) is 0 Å². The summed E-state index contributed by atoms with van der Waals surface area (Å²) in [4.78, 5) is 9.29. The molecule has 1 aromatic rings. The summed E-state index contributed by atoms with van der Waals surface area (Å²) < 4.78 is 5.99. The molecule has 3 heterocycles. The van der Waals surface area contributed by atoms with Crippen molar-refractivity contribution in [2.24, 2.45) is 11.3 Å². The van der Waals surface area contributed by atoms with Gasteiger partial charge in [0, 0.05) is 38.1 Å². The van der Waals surface area contributed by atoms with Crippen LogP contribution in [0.15, 0.2) is 24.5 Å². The van der Waals surface area contributed by atoms with Gasteiger partial charge in [0.2, 0.25) is 0 Å². The van der Waals surface area contributed by atoms with Gasteiger partial charge in [0.1, 0.15) is 0 Å². The van der Waals surface area contributed by atoms with Crippen LogP contribution in [0.1, 0.15) is 37.7 Å². The fraction of sp³-hybridized carbons (Fsp3) is 0.750. The SMILES string of the molecule is CN1CC2(CCN(Cc3ccncc3)CC2)C[C@@H]1COCC1CC1. The summed E-state index contributed by atoms with van der Waals surface area (Å²) in [5.74, 6) is 0.877. The quantitative estimate of drug-likeness (QED) is 0.802. The standard InChI is InChI=1S/C20H31N3O/c1-22-16-20(12-19(22)15-24-14-18-2-3-18)6-10-23(11-7-20)13-17-4-8-21-9-5-17/h4-5,8-9,18-19H,2-3,6-7,10-16H2,1H3/t19-/m1/s1. The summed E-state index contributed by atoms with van der Waals surface area (Å²) in [7, 11) is 2.29. The lowest BCUT2D eigenvalue weighted by molar-refractivity contribution is 0.0776. The molecule has 0 unspecified atom stereocenters. The van der Waals surface area contributed by atoms with Gasteiger partial charge in [0.25, 0.3) is 0 Å². The third-order valence-electron chi connectivity index (χ3n) is 6.31. The van der Waals surface area contributed by atoms with Crippen LogP contribution in [0, 0.1) is 11.3 Å². The lowest BCUT2D eigenvalue weighted by Gasteiger charge is -2.39. The lowest BCUT2D eigenvalue weighted by Crippen LogP contribution is -2.40. The molecule has 4 nitrogen and oxygen atoms in total. The predicted molar refractivity (Wildman–Crippen MR) is 95.8 cm³/mol. The van der Waals surface area contributed by atoms with E-state index in [1.54, 1.807) is 0 Å². The van der Waals surface area contributed by atoms with Gasteiger partial charge in [-0.2, -0.15) is 0 Å². The van der Waals surface area contributed by atoms with E-state index in [1.165, 1.54) is 57.3 Å². The molecule has 3 fully saturated rings. The molecule has 0 N–H and O–H groups in total. The Labute approximate surface area is 146 Å². The predicted octanol–water partition coefficient (Wildman–Crippen LogP) is 2.79. The van der Waals surface area contributed by atoms with Gasteiger partial charge in [-0.15, -0.1) is 0 Å². The summed E-state index contributed by atoms with van der Waals surface area (Å²) in [6.45, 7) is 6.72. The van der Waals surface area contributed by atoms with Gasteiger partial charge in [-0.1, -0.05) is 0 Å². The molecule has 132 valence electrons. The smallest absolute Gasteiger partial charge is 0.0622 e. The molecule has 2 saturated heterocycles. The molecule has 2 aliphatic heterocycles. The second kappa shape index (κ2) is 7.11. The Morgan fingerprint density at radius 2 is 1.92 bits per heavy atom. The maximum absolute atomic E-state index is 5.99. The highest BCUT2D eigenvalue weighted by Gasteiger charge is 2.44. The number of rotatable bonds is 6. The van der Waals surface area contributed by atoms with E-state index in [-0.39, 0.29) is 0 Å². The second-order valence-electron chi connectivity index (χ2n) is 8.39. The molecule has 3 aliphatic rings. The first-order valence-electron chi connectivity index (χ1n) is 9.62. The number of nitrogens with zero attached hydrogens (tertiary/aromatic N) is 3. The summed E-state index contributed by atoms with van der Waals surface area (Å²) >= 11 is 0. The Hall–Kier alpha value is -0.970. The maximum atomic E-state index is 5.99. The average molecular weight is 329 g/mol. The first kappa shape index (κ1) is 16.5. The van der Waals surface area contributed by atoms with Crippen molar-refractivity contribution in [3.63, 3.8) is 0 Å². The molecule has 4 heteroatoms. The molecule has 1 aliphatic carbocycles. The number of likely N-dealkylation sites (N-methyl/N-ethyl adjacent to an activating group) is 1. The number of hydrogen-bond donors (Lipinski definition) is 0. The highest BCUT2D eigenvalue weighted by atomic mass is 16.5. The number of aromatic nitrogens is 1. The number of ether oxygens (including phenoxy) is 1. The second-order valence-corrected chi connectivity index (χ2v) is 8.39. The van der Waals surface area contributed by atoms with Crippen LogP contribution in [0.25, 0.3) is 0 Å².